The van der Waals surface area contributed by atoms with E-state index in [1.165, 1.54) is 4.90 Å². The Morgan fingerprint density at radius 3 is 2.43 bits per heavy atom. The molecule has 1 aliphatic rings. The number of hydrogen-bond acceptors (Lipinski definition) is 2. The lowest BCUT2D eigenvalue weighted by Crippen LogP contribution is -2.40. The standard InChI is InChI=1S/C10H17NO3/c1-3-7(2)10(14)11(6-9(12)13)8-4-5-8/h7-8H,3-6H2,1-2H3,(H,12,13). The summed E-state index contributed by atoms with van der Waals surface area (Å²) in [5.74, 6) is -0.999. The Morgan fingerprint density at radius 2 is 2.07 bits per heavy atom. The second-order valence-electron chi connectivity index (χ2n) is 3.90. The van der Waals surface area contributed by atoms with Crippen molar-refractivity contribution in [1.82, 2.24) is 4.90 Å². The number of carboxylic acids is 1. The van der Waals surface area contributed by atoms with E-state index in [1.807, 2.05) is 13.8 Å². The largest absolute Gasteiger partial charge is 0.480 e. The summed E-state index contributed by atoms with van der Waals surface area (Å²) in [5.41, 5.74) is 0. The maximum atomic E-state index is 11.8. The molecule has 1 rings (SSSR count). The highest BCUT2D eigenvalue weighted by Crippen LogP contribution is 2.28. The van der Waals surface area contributed by atoms with Gasteiger partial charge < -0.3 is 10.0 Å². The third-order valence-corrected chi connectivity index (χ3v) is 2.61. The van der Waals surface area contributed by atoms with Crippen LogP contribution in [0.3, 0.4) is 0 Å². The lowest BCUT2D eigenvalue weighted by atomic mass is 10.1. The number of nitrogens with zero attached hydrogens (tertiary/aromatic N) is 1. The van der Waals surface area contributed by atoms with Crippen molar-refractivity contribution in [3.63, 3.8) is 0 Å². The van der Waals surface area contributed by atoms with Gasteiger partial charge in [0.05, 0.1) is 0 Å². The first-order valence-electron chi connectivity index (χ1n) is 5.08. The molecule has 0 heterocycles. The molecule has 1 saturated carbocycles. The monoisotopic (exact) mass is 199 g/mol. The van der Waals surface area contributed by atoms with Crippen molar-refractivity contribution in [2.45, 2.75) is 39.2 Å². The Bertz CT molecular complexity index is 236. The van der Waals surface area contributed by atoms with Crippen molar-refractivity contribution >= 4 is 11.9 Å². The zero-order chi connectivity index (χ0) is 10.7. The van der Waals surface area contributed by atoms with E-state index in [2.05, 4.69) is 0 Å². The Kier molecular flexibility index (Phi) is 3.49. The van der Waals surface area contributed by atoms with E-state index < -0.39 is 5.97 Å². The van der Waals surface area contributed by atoms with Crippen LogP contribution in [0.4, 0.5) is 0 Å². The Balaban J connectivity index is 2.57. The minimum absolute atomic E-state index is 0.0163. The second-order valence-corrected chi connectivity index (χ2v) is 3.90. The number of rotatable bonds is 5. The quantitative estimate of drug-likeness (QED) is 0.721. The fraction of sp³-hybridized carbons (Fsp3) is 0.800. The summed E-state index contributed by atoms with van der Waals surface area (Å²) < 4.78 is 0. The molecule has 0 radical (unpaired) electrons. The van der Waals surface area contributed by atoms with Crippen molar-refractivity contribution in [3.05, 3.63) is 0 Å². The van der Waals surface area contributed by atoms with Crippen LogP contribution in [0.5, 0.6) is 0 Å². The lowest BCUT2D eigenvalue weighted by Gasteiger charge is -2.23. The summed E-state index contributed by atoms with van der Waals surface area (Å²) in [5, 5.41) is 8.67. The van der Waals surface area contributed by atoms with Crippen LogP contribution in [-0.4, -0.2) is 34.5 Å². The van der Waals surface area contributed by atoms with Crippen molar-refractivity contribution in [2.24, 2.45) is 5.92 Å². The molecule has 0 aromatic rings. The van der Waals surface area contributed by atoms with Crippen molar-refractivity contribution in [2.75, 3.05) is 6.54 Å². The van der Waals surface area contributed by atoms with E-state index in [0.29, 0.717) is 0 Å². The lowest BCUT2D eigenvalue weighted by molar-refractivity contribution is -0.146. The zero-order valence-electron chi connectivity index (χ0n) is 8.69. The van der Waals surface area contributed by atoms with Crippen LogP contribution in [0.1, 0.15) is 33.1 Å². The van der Waals surface area contributed by atoms with Crippen LogP contribution >= 0.6 is 0 Å². The Morgan fingerprint density at radius 1 is 1.50 bits per heavy atom. The van der Waals surface area contributed by atoms with E-state index in [4.69, 9.17) is 5.11 Å². The molecule has 4 heteroatoms. The summed E-state index contributed by atoms with van der Waals surface area (Å²) in [6.07, 6.45) is 2.67. The molecule has 0 bridgehead atoms. The highest BCUT2D eigenvalue weighted by atomic mass is 16.4. The number of carbonyl (C=O) groups excluding carboxylic acids is 1. The molecule has 0 aromatic heterocycles. The maximum Gasteiger partial charge on any atom is 0.323 e. The van der Waals surface area contributed by atoms with E-state index in [9.17, 15) is 9.59 Å². The van der Waals surface area contributed by atoms with E-state index >= 15 is 0 Å². The van der Waals surface area contributed by atoms with Crippen molar-refractivity contribution < 1.29 is 14.7 Å². The van der Waals surface area contributed by atoms with Gasteiger partial charge in [-0.3, -0.25) is 9.59 Å². The Hall–Kier alpha value is -1.06. The van der Waals surface area contributed by atoms with Gasteiger partial charge >= 0.3 is 5.97 Å². The molecule has 1 unspecified atom stereocenters. The van der Waals surface area contributed by atoms with Gasteiger partial charge in [0.25, 0.3) is 0 Å². The third-order valence-electron chi connectivity index (χ3n) is 2.61. The molecule has 0 spiro atoms. The molecular weight excluding hydrogens is 182 g/mol. The van der Waals surface area contributed by atoms with Gasteiger partial charge in [-0.1, -0.05) is 13.8 Å². The minimum atomic E-state index is -0.923. The van der Waals surface area contributed by atoms with Gasteiger partial charge in [-0.15, -0.1) is 0 Å². The minimum Gasteiger partial charge on any atom is -0.480 e. The molecule has 80 valence electrons. The van der Waals surface area contributed by atoms with Crippen LogP contribution < -0.4 is 0 Å². The topological polar surface area (TPSA) is 57.6 Å². The van der Waals surface area contributed by atoms with E-state index in [0.717, 1.165) is 19.3 Å². The van der Waals surface area contributed by atoms with Crippen LogP contribution in [0, 0.1) is 5.92 Å². The molecule has 0 saturated heterocycles. The predicted octanol–water partition coefficient (Wildman–Crippen LogP) is 1.11. The second kappa shape index (κ2) is 4.44. The highest BCUT2D eigenvalue weighted by Gasteiger charge is 2.35. The molecule has 4 nitrogen and oxygen atoms in total. The van der Waals surface area contributed by atoms with E-state index in [1.54, 1.807) is 0 Å². The summed E-state index contributed by atoms with van der Waals surface area (Å²) in [6.45, 7) is 3.64. The molecule has 0 aromatic carbocycles. The van der Waals surface area contributed by atoms with Crippen molar-refractivity contribution in [3.8, 4) is 0 Å². The van der Waals surface area contributed by atoms with Gasteiger partial charge in [0.1, 0.15) is 6.54 Å². The number of carbonyl (C=O) groups is 2. The number of hydrogen-bond donors (Lipinski definition) is 1. The molecular formula is C10H17NO3. The molecule has 1 N–H and O–H groups in total. The summed E-state index contributed by atoms with van der Waals surface area (Å²) in [7, 11) is 0. The van der Waals surface area contributed by atoms with Crippen molar-refractivity contribution in [1.29, 1.82) is 0 Å². The first-order valence-corrected chi connectivity index (χ1v) is 5.08. The summed E-state index contributed by atoms with van der Waals surface area (Å²) >= 11 is 0. The fourth-order valence-corrected chi connectivity index (χ4v) is 1.38. The smallest absolute Gasteiger partial charge is 0.323 e. The number of amides is 1. The molecule has 0 aliphatic heterocycles. The maximum absolute atomic E-state index is 11.8. The van der Waals surface area contributed by atoms with Crippen LogP contribution in [0.15, 0.2) is 0 Å². The molecule has 1 atom stereocenters. The van der Waals surface area contributed by atoms with Gasteiger partial charge in [-0.05, 0) is 19.3 Å². The van der Waals surface area contributed by atoms with E-state index in [-0.39, 0.29) is 24.4 Å². The van der Waals surface area contributed by atoms with Gasteiger partial charge in [0.2, 0.25) is 5.91 Å². The molecule has 1 aliphatic carbocycles. The summed E-state index contributed by atoms with van der Waals surface area (Å²) in [6, 6.07) is 0.188. The zero-order valence-corrected chi connectivity index (χ0v) is 8.69. The molecule has 1 amide bonds. The first-order chi connectivity index (χ1) is 6.56. The Labute approximate surface area is 83.9 Å². The highest BCUT2D eigenvalue weighted by molar-refractivity contribution is 5.83. The molecule has 14 heavy (non-hydrogen) atoms. The van der Waals surface area contributed by atoms with Gasteiger partial charge in [-0.2, -0.15) is 0 Å². The summed E-state index contributed by atoms with van der Waals surface area (Å²) in [4.78, 5) is 23.8. The van der Waals surface area contributed by atoms with Gasteiger partial charge in [0.15, 0.2) is 0 Å². The normalized spacial score (nSPS) is 17.6. The molecule has 1 fully saturated rings. The number of carboxylic acid groups (broad SMARTS) is 1. The van der Waals surface area contributed by atoms with Gasteiger partial charge in [0, 0.05) is 12.0 Å². The number of aliphatic carboxylic acids is 1. The van der Waals surface area contributed by atoms with Crippen LogP contribution in [0.2, 0.25) is 0 Å². The first kappa shape index (κ1) is 11.0. The van der Waals surface area contributed by atoms with Gasteiger partial charge in [-0.25, -0.2) is 0 Å². The SMILES string of the molecule is CCC(C)C(=O)N(CC(=O)O)C1CC1. The predicted molar refractivity (Wildman–Crippen MR) is 51.8 cm³/mol. The van der Waals surface area contributed by atoms with Crippen LogP contribution in [-0.2, 0) is 9.59 Å². The average Bonchev–Trinajstić information content (AvgIpc) is 2.94. The third kappa shape index (κ3) is 2.72. The van der Waals surface area contributed by atoms with Crippen LogP contribution in [0.25, 0.3) is 0 Å². The average molecular weight is 199 g/mol. The fourth-order valence-electron chi connectivity index (χ4n) is 1.38.